The van der Waals surface area contributed by atoms with Crippen LogP contribution in [0.4, 0.5) is 9.93 Å². The Morgan fingerprint density at radius 1 is 1.30 bits per heavy atom. The summed E-state index contributed by atoms with van der Waals surface area (Å²) in [5.41, 5.74) is 1.70. The van der Waals surface area contributed by atoms with Crippen LogP contribution in [0.3, 0.4) is 0 Å². The predicted octanol–water partition coefficient (Wildman–Crippen LogP) is 2.73. The Morgan fingerprint density at radius 2 is 2.06 bits per heavy atom. The van der Waals surface area contributed by atoms with Gasteiger partial charge >= 0.3 is 6.03 Å². The normalized spacial score (nSPS) is 22.5. The summed E-state index contributed by atoms with van der Waals surface area (Å²) in [6.45, 7) is 2.17. The second-order valence-electron chi connectivity index (χ2n) is 9.50. The van der Waals surface area contributed by atoms with Crippen LogP contribution in [0.15, 0.2) is 29.6 Å². The van der Waals surface area contributed by atoms with Crippen molar-refractivity contribution in [1.29, 1.82) is 0 Å². The van der Waals surface area contributed by atoms with E-state index in [0.717, 1.165) is 46.1 Å². The maximum Gasteiger partial charge on any atom is 0.325 e. The maximum atomic E-state index is 13.5. The summed E-state index contributed by atoms with van der Waals surface area (Å²) in [5.74, 6) is -0.0916. The Kier molecular flexibility index (Phi) is 5.39. The summed E-state index contributed by atoms with van der Waals surface area (Å²) in [7, 11) is 3.87. The van der Waals surface area contributed by atoms with Crippen molar-refractivity contribution in [3.63, 3.8) is 0 Å². The lowest BCUT2D eigenvalue weighted by atomic mass is 9.92. The number of aromatic nitrogens is 1. The number of hydrogen-bond acceptors (Lipinski definition) is 6. The van der Waals surface area contributed by atoms with Crippen molar-refractivity contribution < 1.29 is 14.4 Å². The fourth-order valence-electron chi connectivity index (χ4n) is 5.00. The molecular formula is C24H29N5O3S. The second kappa shape index (κ2) is 8.13. The van der Waals surface area contributed by atoms with E-state index < -0.39 is 11.6 Å². The van der Waals surface area contributed by atoms with E-state index in [0.29, 0.717) is 18.9 Å². The molecule has 1 aliphatic heterocycles. The molecular weight excluding hydrogens is 438 g/mol. The van der Waals surface area contributed by atoms with Crippen LogP contribution in [-0.2, 0) is 28.1 Å². The number of fused-ring (bicyclic) bond motifs is 2. The molecule has 8 nitrogen and oxygen atoms in total. The van der Waals surface area contributed by atoms with Crippen molar-refractivity contribution in [2.45, 2.75) is 50.7 Å². The molecule has 2 aromatic rings. The third-order valence-electron chi connectivity index (χ3n) is 7.09. The van der Waals surface area contributed by atoms with Gasteiger partial charge in [0.05, 0.1) is 12.2 Å². The summed E-state index contributed by atoms with van der Waals surface area (Å²) in [4.78, 5) is 49.3. The molecule has 1 N–H and O–H groups in total. The van der Waals surface area contributed by atoms with Crippen LogP contribution in [0.1, 0.15) is 43.0 Å². The number of carbonyl (C=O) groups is 3. The highest BCUT2D eigenvalue weighted by Gasteiger charge is 2.55. The second-order valence-corrected chi connectivity index (χ2v) is 10.3. The molecule has 2 heterocycles. The van der Waals surface area contributed by atoms with Crippen molar-refractivity contribution in [2.75, 3.05) is 25.5 Å². The number of rotatable bonds is 7. The lowest BCUT2D eigenvalue weighted by molar-refractivity contribution is -0.141. The van der Waals surface area contributed by atoms with E-state index in [1.54, 1.807) is 4.90 Å². The fourth-order valence-corrected chi connectivity index (χ4v) is 5.75. The van der Waals surface area contributed by atoms with Gasteiger partial charge in [-0.25, -0.2) is 9.78 Å². The summed E-state index contributed by atoms with van der Waals surface area (Å²) < 4.78 is 0. The molecule has 9 heteroatoms. The van der Waals surface area contributed by atoms with Gasteiger partial charge in [-0.2, -0.15) is 0 Å². The lowest BCUT2D eigenvalue weighted by Gasteiger charge is -2.30. The Labute approximate surface area is 197 Å². The van der Waals surface area contributed by atoms with Gasteiger partial charge < -0.3 is 15.1 Å². The number of amides is 4. The first-order valence-corrected chi connectivity index (χ1v) is 12.3. The molecule has 174 valence electrons. The molecule has 0 radical (unpaired) electrons. The Bertz CT molecular complexity index is 1110. The van der Waals surface area contributed by atoms with Gasteiger partial charge in [0.1, 0.15) is 12.1 Å². The first kappa shape index (κ1) is 21.9. The van der Waals surface area contributed by atoms with Gasteiger partial charge in [0.2, 0.25) is 5.91 Å². The molecule has 1 unspecified atom stereocenters. The van der Waals surface area contributed by atoms with Gasteiger partial charge in [0.25, 0.3) is 5.91 Å². The van der Waals surface area contributed by atoms with Gasteiger partial charge in [-0.1, -0.05) is 24.3 Å². The standard InChI is InChI=1S/C24H29N5O3S/c1-15(16-8-9-16)28(12-18-14-33-23(25-18)27(2)3)20(30)13-29-21(31)24(26-22(29)32)11-10-17-6-4-5-7-19(17)24/h4-7,14-16H,8-13H2,1-3H3,(H,26,32)/t15?,24-/m0/s1. The van der Waals surface area contributed by atoms with E-state index in [2.05, 4.69) is 17.2 Å². The molecule has 0 bridgehead atoms. The number of imide groups is 1. The van der Waals surface area contributed by atoms with E-state index in [9.17, 15) is 14.4 Å². The molecule has 4 amide bonds. The number of benzene rings is 1. The van der Waals surface area contributed by atoms with Crippen LogP contribution in [-0.4, -0.2) is 59.3 Å². The van der Waals surface area contributed by atoms with E-state index in [-0.39, 0.29) is 24.4 Å². The largest absolute Gasteiger partial charge is 0.354 e. The van der Waals surface area contributed by atoms with Gasteiger partial charge in [0, 0.05) is 25.5 Å². The number of carbonyl (C=O) groups excluding carboxylic acids is 3. The van der Waals surface area contributed by atoms with Crippen LogP contribution in [0.25, 0.3) is 0 Å². The summed E-state index contributed by atoms with van der Waals surface area (Å²) >= 11 is 1.54. The highest BCUT2D eigenvalue weighted by molar-refractivity contribution is 7.13. The van der Waals surface area contributed by atoms with E-state index >= 15 is 0 Å². The fraction of sp³-hybridized carbons (Fsp3) is 0.500. The zero-order valence-corrected chi connectivity index (χ0v) is 20.0. The highest BCUT2D eigenvalue weighted by Crippen LogP contribution is 2.41. The van der Waals surface area contributed by atoms with Crippen molar-refractivity contribution in [3.8, 4) is 0 Å². The highest BCUT2D eigenvalue weighted by atomic mass is 32.1. The zero-order valence-electron chi connectivity index (χ0n) is 19.2. The molecule has 3 aliphatic rings. The number of nitrogens with zero attached hydrogens (tertiary/aromatic N) is 4. The third-order valence-corrected chi connectivity index (χ3v) is 8.14. The summed E-state index contributed by atoms with van der Waals surface area (Å²) in [6, 6.07) is 7.26. The molecule has 1 saturated carbocycles. The van der Waals surface area contributed by atoms with E-state index in [1.807, 2.05) is 48.6 Å². The first-order valence-electron chi connectivity index (χ1n) is 11.4. The molecule has 2 atom stereocenters. The molecule has 1 aromatic heterocycles. The average Bonchev–Trinajstić information content (AvgIpc) is 3.36. The van der Waals surface area contributed by atoms with Crippen molar-refractivity contribution in [3.05, 3.63) is 46.5 Å². The third kappa shape index (κ3) is 3.78. The lowest BCUT2D eigenvalue weighted by Crippen LogP contribution is -2.47. The predicted molar refractivity (Wildman–Crippen MR) is 126 cm³/mol. The number of hydrogen-bond donors (Lipinski definition) is 1. The van der Waals surface area contributed by atoms with E-state index in [1.165, 1.54) is 11.3 Å². The minimum atomic E-state index is -1.05. The molecule has 33 heavy (non-hydrogen) atoms. The van der Waals surface area contributed by atoms with Crippen LogP contribution in [0.2, 0.25) is 0 Å². The van der Waals surface area contributed by atoms with Crippen LogP contribution >= 0.6 is 11.3 Å². The van der Waals surface area contributed by atoms with Crippen LogP contribution in [0.5, 0.6) is 0 Å². The average molecular weight is 468 g/mol. The summed E-state index contributed by atoms with van der Waals surface area (Å²) in [6.07, 6.45) is 3.44. The number of anilines is 1. The Balaban J connectivity index is 1.36. The molecule has 2 aliphatic carbocycles. The minimum absolute atomic E-state index is 0.0314. The van der Waals surface area contributed by atoms with Gasteiger partial charge in [-0.3, -0.25) is 14.5 Å². The quantitative estimate of drug-likeness (QED) is 0.633. The van der Waals surface area contributed by atoms with Crippen LogP contribution < -0.4 is 10.2 Å². The van der Waals surface area contributed by atoms with Gasteiger partial charge in [-0.05, 0) is 49.7 Å². The minimum Gasteiger partial charge on any atom is -0.354 e. The van der Waals surface area contributed by atoms with Crippen LogP contribution in [0, 0.1) is 5.92 Å². The Morgan fingerprint density at radius 3 is 2.76 bits per heavy atom. The van der Waals surface area contributed by atoms with Crippen molar-refractivity contribution in [2.24, 2.45) is 5.92 Å². The number of thiazole rings is 1. The number of nitrogens with one attached hydrogen (secondary N) is 1. The number of aryl methyl sites for hydroxylation is 1. The SMILES string of the molecule is CC(C1CC1)N(Cc1csc(N(C)C)n1)C(=O)CN1C(=O)N[C@]2(CCc3ccccc32)C1=O. The zero-order chi connectivity index (χ0) is 23.3. The molecule has 5 rings (SSSR count). The summed E-state index contributed by atoms with van der Waals surface area (Å²) in [5, 5.41) is 5.76. The molecule has 2 fully saturated rings. The Hall–Kier alpha value is -2.94. The van der Waals surface area contributed by atoms with Crippen molar-refractivity contribution >= 4 is 34.3 Å². The van der Waals surface area contributed by atoms with Crippen molar-refractivity contribution in [1.82, 2.24) is 20.1 Å². The monoisotopic (exact) mass is 467 g/mol. The van der Waals surface area contributed by atoms with E-state index in [4.69, 9.17) is 0 Å². The molecule has 1 aromatic carbocycles. The first-order chi connectivity index (χ1) is 15.8. The smallest absolute Gasteiger partial charge is 0.325 e. The number of urea groups is 1. The van der Waals surface area contributed by atoms with Gasteiger partial charge in [-0.15, -0.1) is 11.3 Å². The maximum absolute atomic E-state index is 13.5. The van der Waals surface area contributed by atoms with Gasteiger partial charge in [0.15, 0.2) is 5.13 Å². The topological polar surface area (TPSA) is 85.8 Å². The molecule has 1 saturated heterocycles. The molecule has 1 spiro atoms.